The summed E-state index contributed by atoms with van der Waals surface area (Å²) in [7, 11) is 1.60. The number of aromatic nitrogens is 1. The summed E-state index contributed by atoms with van der Waals surface area (Å²) in [4.78, 5) is 38.3. The van der Waals surface area contributed by atoms with E-state index in [1.807, 2.05) is 38.2 Å². The molecular weight excluding hydrogens is 436 g/mol. The van der Waals surface area contributed by atoms with Gasteiger partial charge in [0.05, 0.1) is 0 Å². The monoisotopic (exact) mass is 466 g/mol. The van der Waals surface area contributed by atoms with E-state index in [2.05, 4.69) is 26.2 Å². The molecule has 1 aromatic heterocycles. The van der Waals surface area contributed by atoms with Crippen LogP contribution in [-0.2, 0) is 20.8 Å². The van der Waals surface area contributed by atoms with Crippen molar-refractivity contribution in [3.05, 3.63) is 34.4 Å². The lowest BCUT2D eigenvalue weighted by atomic mass is 10.1. The van der Waals surface area contributed by atoms with Crippen molar-refractivity contribution in [3.8, 4) is 0 Å². The highest BCUT2D eigenvalue weighted by molar-refractivity contribution is 9.10. The molecule has 0 radical (unpaired) electrons. The van der Waals surface area contributed by atoms with Gasteiger partial charge in [-0.2, -0.15) is 0 Å². The molecule has 1 fully saturated rings. The number of nitrogens with two attached hydrogens (primary N) is 1. The van der Waals surface area contributed by atoms with Crippen molar-refractivity contribution in [1.82, 2.24) is 15.2 Å². The molecule has 3 rings (SSSR count). The van der Waals surface area contributed by atoms with E-state index in [1.165, 1.54) is 6.92 Å². The Labute approximate surface area is 180 Å². The van der Waals surface area contributed by atoms with Gasteiger partial charge in [-0.3, -0.25) is 14.4 Å². The third-order valence-corrected chi connectivity index (χ3v) is 5.08. The van der Waals surface area contributed by atoms with E-state index < -0.39 is 11.9 Å². The van der Waals surface area contributed by atoms with Crippen LogP contribution in [0.15, 0.2) is 28.9 Å². The molecule has 1 aromatic carbocycles. The molecule has 160 valence electrons. The molecule has 1 atom stereocenters. The number of carbonyl (C=O) groups is 3. The average molecular weight is 467 g/mol. The predicted molar refractivity (Wildman–Crippen MR) is 119 cm³/mol. The van der Waals surface area contributed by atoms with Gasteiger partial charge < -0.3 is 20.9 Å². The van der Waals surface area contributed by atoms with Gasteiger partial charge in [0.1, 0.15) is 6.04 Å². The quantitative estimate of drug-likeness (QED) is 0.643. The van der Waals surface area contributed by atoms with Crippen LogP contribution in [0.25, 0.3) is 10.9 Å². The molecule has 8 heteroatoms. The number of hydrogen-bond donors (Lipinski definition) is 3. The van der Waals surface area contributed by atoms with E-state index in [0.29, 0.717) is 25.8 Å². The van der Waals surface area contributed by atoms with Gasteiger partial charge in [-0.05, 0) is 43.0 Å². The number of fused-ring (bicyclic) bond motifs is 1. The van der Waals surface area contributed by atoms with Crippen molar-refractivity contribution in [2.75, 3.05) is 13.6 Å². The van der Waals surface area contributed by atoms with Crippen LogP contribution in [0.2, 0.25) is 0 Å². The Hall–Kier alpha value is -2.35. The van der Waals surface area contributed by atoms with Crippen LogP contribution in [0.4, 0.5) is 0 Å². The molecule has 29 heavy (non-hydrogen) atoms. The standard InChI is InChI=1S/C16H18BrN3O2.C3H7NO.C2H6/c17-11-4-5-13-12(8-11)10(9-19-13)3-6-15(21)20-7-1-2-14(20)16(18)22;1-3(5)4-2;1-2/h4-5,8-9,14,19H,1-3,6-7H2,(H2,18,22);1-2H3,(H,4,5);1-2H3/t14-;;/m0../s1. The smallest absolute Gasteiger partial charge is 0.240 e. The first-order valence-electron chi connectivity index (χ1n) is 9.86. The Morgan fingerprint density at radius 3 is 2.55 bits per heavy atom. The van der Waals surface area contributed by atoms with E-state index in [-0.39, 0.29) is 11.8 Å². The minimum absolute atomic E-state index is 0.00463. The number of amides is 3. The average Bonchev–Trinajstić information content (AvgIpc) is 3.35. The minimum atomic E-state index is -0.426. The first-order valence-corrected chi connectivity index (χ1v) is 10.7. The molecule has 0 unspecified atom stereocenters. The molecule has 0 bridgehead atoms. The highest BCUT2D eigenvalue weighted by atomic mass is 79.9. The molecule has 1 aliphatic rings. The molecule has 0 saturated carbocycles. The summed E-state index contributed by atoms with van der Waals surface area (Å²) < 4.78 is 1.01. The number of hydrogen-bond acceptors (Lipinski definition) is 3. The topological polar surface area (TPSA) is 108 Å². The second-order valence-electron chi connectivity index (χ2n) is 6.46. The van der Waals surface area contributed by atoms with Crippen molar-refractivity contribution < 1.29 is 14.4 Å². The largest absolute Gasteiger partial charge is 0.368 e. The zero-order valence-electron chi connectivity index (χ0n) is 17.5. The third kappa shape index (κ3) is 7.20. The summed E-state index contributed by atoms with van der Waals surface area (Å²) in [6.07, 6.45) is 4.51. The van der Waals surface area contributed by atoms with Crippen molar-refractivity contribution in [1.29, 1.82) is 0 Å². The van der Waals surface area contributed by atoms with E-state index in [1.54, 1.807) is 11.9 Å². The molecule has 3 amide bonds. The molecule has 1 saturated heterocycles. The van der Waals surface area contributed by atoms with E-state index in [9.17, 15) is 14.4 Å². The second kappa shape index (κ2) is 12.3. The number of nitrogens with zero attached hydrogens (tertiary/aromatic N) is 1. The third-order valence-electron chi connectivity index (χ3n) is 4.59. The van der Waals surface area contributed by atoms with Gasteiger partial charge in [0.25, 0.3) is 0 Å². The Morgan fingerprint density at radius 1 is 1.31 bits per heavy atom. The second-order valence-corrected chi connectivity index (χ2v) is 7.37. The predicted octanol–water partition coefficient (Wildman–Crippen LogP) is 3.12. The number of primary amides is 1. The zero-order chi connectivity index (χ0) is 22.0. The van der Waals surface area contributed by atoms with Gasteiger partial charge in [0, 0.05) is 48.5 Å². The van der Waals surface area contributed by atoms with Crippen molar-refractivity contribution >= 4 is 44.6 Å². The summed E-state index contributed by atoms with van der Waals surface area (Å²) >= 11 is 3.47. The molecule has 0 aliphatic carbocycles. The normalized spacial score (nSPS) is 15.1. The van der Waals surface area contributed by atoms with Gasteiger partial charge in [0.2, 0.25) is 17.7 Å². The van der Waals surface area contributed by atoms with Crippen LogP contribution >= 0.6 is 15.9 Å². The number of benzene rings is 1. The first kappa shape index (κ1) is 24.7. The lowest BCUT2D eigenvalue weighted by Crippen LogP contribution is -2.43. The highest BCUT2D eigenvalue weighted by Gasteiger charge is 2.32. The maximum atomic E-state index is 12.4. The number of H-pyrrole nitrogens is 1. The zero-order valence-corrected chi connectivity index (χ0v) is 19.1. The Balaban J connectivity index is 0.000000527. The number of aromatic amines is 1. The number of halogens is 1. The lowest BCUT2D eigenvalue weighted by Gasteiger charge is -2.22. The number of carbonyl (C=O) groups excluding carboxylic acids is 3. The molecule has 7 nitrogen and oxygen atoms in total. The van der Waals surface area contributed by atoms with Crippen LogP contribution in [0.3, 0.4) is 0 Å². The number of nitrogens with one attached hydrogen (secondary N) is 2. The maximum Gasteiger partial charge on any atom is 0.240 e. The Morgan fingerprint density at radius 2 is 1.97 bits per heavy atom. The summed E-state index contributed by atoms with van der Waals surface area (Å²) in [5.74, 6) is -0.391. The van der Waals surface area contributed by atoms with Crippen LogP contribution in [0, 0.1) is 0 Å². The highest BCUT2D eigenvalue weighted by Crippen LogP contribution is 2.24. The van der Waals surface area contributed by atoms with Gasteiger partial charge in [-0.15, -0.1) is 0 Å². The summed E-state index contributed by atoms with van der Waals surface area (Å²) in [6.45, 7) is 6.10. The fourth-order valence-corrected chi connectivity index (χ4v) is 3.46. The van der Waals surface area contributed by atoms with Gasteiger partial charge in [-0.25, -0.2) is 0 Å². The van der Waals surface area contributed by atoms with Crippen molar-refractivity contribution in [3.63, 3.8) is 0 Å². The first-order chi connectivity index (χ1) is 13.8. The maximum absolute atomic E-state index is 12.4. The fourth-order valence-electron chi connectivity index (χ4n) is 3.10. The van der Waals surface area contributed by atoms with Crippen LogP contribution < -0.4 is 11.1 Å². The van der Waals surface area contributed by atoms with Gasteiger partial charge in [-0.1, -0.05) is 29.8 Å². The fraction of sp³-hybridized carbons (Fsp3) is 0.476. The molecule has 1 aliphatic heterocycles. The summed E-state index contributed by atoms with van der Waals surface area (Å²) in [5, 5.41) is 3.51. The van der Waals surface area contributed by atoms with Crippen LogP contribution in [0.1, 0.15) is 45.6 Å². The summed E-state index contributed by atoms with van der Waals surface area (Å²) in [6, 6.07) is 5.61. The van der Waals surface area contributed by atoms with E-state index in [0.717, 1.165) is 27.4 Å². The van der Waals surface area contributed by atoms with E-state index >= 15 is 0 Å². The number of likely N-dealkylation sites (tertiary alicyclic amines) is 1. The summed E-state index contributed by atoms with van der Waals surface area (Å²) in [5.41, 5.74) is 7.53. The number of rotatable bonds is 4. The molecule has 2 heterocycles. The van der Waals surface area contributed by atoms with Gasteiger partial charge >= 0.3 is 0 Å². The molecule has 2 aromatic rings. The van der Waals surface area contributed by atoms with Gasteiger partial charge in [0.15, 0.2) is 0 Å². The lowest BCUT2D eigenvalue weighted by molar-refractivity contribution is -0.137. The Kier molecular flexibility index (Phi) is 10.4. The molecular formula is C21H31BrN4O3. The minimum Gasteiger partial charge on any atom is -0.368 e. The van der Waals surface area contributed by atoms with Crippen molar-refractivity contribution in [2.24, 2.45) is 5.73 Å². The Bertz CT molecular complexity index is 834. The SMILES string of the molecule is CC.CNC(C)=O.NC(=O)[C@@H]1CCCN1C(=O)CCc1c[nH]c2ccc(Br)cc12. The number of aryl methyl sites for hydroxylation is 1. The van der Waals surface area contributed by atoms with E-state index in [4.69, 9.17) is 5.73 Å². The van der Waals surface area contributed by atoms with Crippen LogP contribution in [-0.4, -0.2) is 47.2 Å². The molecule has 4 N–H and O–H groups in total. The molecule has 0 spiro atoms. The van der Waals surface area contributed by atoms with Crippen LogP contribution in [0.5, 0.6) is 0 Å². The van der Waals surface area contributed by atoms with Crippen molar-refractivity contribution in [2.45, 2.75) is 52.5 Å².